The molecule has 0 N–H and O–H groups in total. The number of aryl methyl sites for hydroxylation is 1. The summed E-state index contributed by atoms with van der Waals surface area (Å²) in [7, 11) is 0. The standard InChI is InChI=1S/C13H16N2O/c1-9(2)8-15-12-7-5-4-6-11(12)13(16)10(3)14-15/h4-7,9H,8H2,1-3H3. The Morgan fingerprint density at radius 2 is 2.00 bits per heavy atom. The summed E-state index contributed by atoms with van der Waals surface area (Å²) in [6.07, 6.45) is 0. The highest BCUT2D eigenvalue weighted by atomic mass is 16.1. The van der Waals surface area contributed by atoms with Crippen LogP contribution < -0.4 is 5.43 Å². The Morgan fingerprint density at radius 1 is 1.31 bits per heavy atom. The number of para-hydroxylation sites is 1. The van der Waals surface area contributed by atoms with Crippen LogP contribution in [0.25, 0.3) is 10.9 Å². The molecular formula is C13H16N2O. The fraction of sp³-hybridized carbons (Fsp3) is 0.385. The molecular weight excluding hydrogens is 200 g/mol. The molecule has 2 aromatic rings. The van der Waals surface area contributed by atoms with Crippen molar-refractivity contribution in [2.24, 2.45) is 5.92 Å². The van der Waals surface area contributed by atoms with Gasteiger partial charge in [0, 0.05) is 11.9 Å². The molecule has 3 heteroatoms. The predicted molar refractivity (Wildman–Crippen MR) is 65.6 cm³/mol. The Morgan fingerprint density at radius 3 is 2.69 bits per heavy atom. The third kappa shape index (κ3) is 1.85. The molecule has 0 saturated carbocycles. The Kier molecular flexibility index (Phi) is 2.77. The summed E-state index contributed by atoms with van der Waals surface area (Å²) in [5, 5.41) is 5.11. The Balaban J connectivity index is 2.74. The van der Waals surface area contributed by atoms with Crippen molar-refractivity contribution in [2.75, 3.05) is 0 Å². The number of benzene rings is 1. The van der Waals surface area contributed by atoms with Gasteiger partial charge in [0.2, 0.25) is 5.43 Å². The van der Waals surface area contributed by atoms with E-state index in [0.717, 1.165) is 17.4 Å². The zero-order valence-corrected chi connectivity index (χ0v) is 9.90. The first-order valence-electron chi connectivity index (χ1n) is 5.56. The van der Waals surface area contributed by atoms with Gasteiger partial charge in [0.1, 0.15) is 5.69 Å². The second-order valence-electron chi connectivity index (χ2n) is 4.51. The predicted octanol–water partition coefficient (Wildman–Crippen LogP) is 2.36. The molecule has 0 aliphatic heterocycles. The topological polar surface area (TPSA) is 34.9 Å². The lowest BCUT2D eigenvalue weighted by Crippen LogP contribution is -2.18. The smallest absolute Gasteiger partial charge is 0.210 e. The maximum absolute atomic E-state index is 11.9. The van der Waals surface area contributed by atoms with E-state index in [1.807, 2.05) is 28.9 Å². The van der Waals surface area contributed by atoms with Crippen LogP contribution in [0.3, 0.4) is 0 Å². The maximum atomic E-state index is 11.9. The van der Waals surface area contributed by atoms with Crippen molar-refractivity contribution in [1.82, 2.24) is 9.78 Å². The molecule has 1 aromatic carbocycles. The summed E-state index contributed by atoms with van der Waals surface area (Å²) in [5.41, 5.74) is 1.53. The van der Waals surface area contributed by atoms with Gasteiger partial charge >= 0.3 is 0 Å². The highest BCUT2D eigenvalue weighted by molar-refractivity contribution is 5.78. The summed E-state index contributed by atoms with van der Waals surface area (Å²) in [4.78, 5) is 11.9. The molecule has 0 aliphatic rings. The summed E-state index contributed by atoms with van der Waals surface area (Å²) in [5.74, 6) is 0.512. The first kappa shape index (κ1) is 10.9. The number of hydrogen-bond acceptors (Lipinski definition) is 2. The minimum absolute atomic E-state index is 0.0376. The fourth-order valence-corrected chi connectivity index (χ4v) is 1.85. The molecule has 0 amide bonds. The van der Waals surface area contributed by atoms with E-state index in [1.54, 1.807) is 6.92 Å². The third-order valence-electron chi connectivity index (χ3n) is 2.56. The van der Waals surface area contributed by atoms with Crippen molar-refractivity contribution in [1.29, 1.82) is 0 Å². The second-order valence-corrected chi connectivity index (χ2v) is 4.51. The van der Waals surface area contributed by atoms with Gasteiger partial charge in [0.05, 0.1) is 5.52 Å². The van der Waals surface area contributed by atoms with E-state index in [2.05, 4.69) is 18.9 Å². The molecule has 2 rings (SSSR count). The molecule has 0 spiro atoms. The van der Waals surface area contributed by atoms with Gasteiger partial charge in [-0.3, -0.25) is 9.48 Å². The lowest BCUT2D eigenvalue weighted by Gasteiger charge is -2.12. The van der Waals surface area contributed by atoms with Crippen LogP contribution in [0.15, 0.2) is 29.1 Å². The molecule has 1 aromatic heterocycles. The normalized spacial score (nSPS) is 11.2. The molecule has 0 radical (unpaired) electrons. The number of aromatic nitrogens is 2. The Bertz CT molecular complexity index is 570. The van der Waals surface area contributed by atoms with Gasteiger partial charge in [0.15, 0.2) is 0 Å². The van der Waals surface area contributed by atoms with Crippen molar-refractivity contribution < 1.29 is 0 Å². The minimum atomic E-state index is 0.0376. The van der Waals surface area contributed by atoms with E-state index >= 15 is 0 Å². The highest BCUT2D eigenvalue weighted by Gasteiger charge is 2.07. The zero-order chi connectivity index (χ0) is 11.7. The van der Waals surface area contributed by atoms with Crippen LogP contribution in [0.5, 0.6) is 0 Å². The number of hydrogen-bond donors (Lipinski definition) is 0. The van der Waals surface area contributed by atoms with Crippen LogP contribution in [0.2, 0.25) is 0 Å². The van der Waals surface area contributed by atoms with Gasteiger partial charge in [0.25, 0.3) is 0 Å². The number of fused-ring (bicyclic) bond motifs is 1. The maximum Gasteiger partial charge on any atom is 0.210 e. The molecule has 1 heterocycles. The van der Waals surface area contributed by atoms with Crippen LogP contribution in [0, 0.1) is 12.8 Å². The lowest BCUT2D eigenvalue weighted by atomic mass is 10.2. The van der Waals surface area contributed by atoms with E-state index < -0.39 is 0 Å². The van der Waals surface area contributed by atoms with Crippen molar-refractivity contribution in [3.8, 4) is 0 Å². The van der Waals surface area contributed by atoms with Gasteiger partial charge in [-0.1, -0.05) is 26.0 Å². The van der Waals surface area contributed by atoms with Crippen LogP contribution in [0.4, 0.5) is 0 Å². The molecule has 84 valence electrons. The number of rotatable bonds is 2. The Hall–Kier alpha value is -1.64. The molecule has 0 atom stereocenters. The van der Waals surface area contributed by atoms with Crippen LogP contribution in [-0.2, 0) is 6.54 Å². The van der Waals surface area contributed by atoms with E-state index in [4.69, 9.17) is 0 Å². The molecule has 16 heavy (non-hydrogen) atoms. The summed E-state index contributed by atoms with van der Waals surface area (Å²) in [6.45, 7) is 6.89. The van der Waals surface area contributed by atoms with E-state index in [0.29, 0.717) is 11.6 Å². The summed E-state index contributed by atoms with van der Waals surface area (Å²) >= 11 is 0. The molecule has 0 aliphatic carbocycles. The molecule has 3 nitrogen and oxygen atoms in total. The monoisotopic (exact) mass is 216 g/mol. The Labute approximate surface area is 94.7 Å². The van der Waals surface area contributed by atoms with E-state index in [9.17, 15) is 4.79 Å². The van der Waals surface area contributed by atoms with Gasteiger partial charge in [-0.05, 0) is 25.0 Å². The minimum Gasteiger partial charge on any atom is -0.287 e. The van der Waals surface area contributed by atoms with Crippen LogP contribution >= 0.6 is 0 Å². The third-order valence-corrected chi connectivity index (χ3v) is 2.56. The van der Waals surface area contributed by atoms with E-state index in [-0.39, 0.29) is 5.43 Å². The lowest BCUT2D eigenvalue weighted by molar-refractivity contribution is 0.486. The van der Waals surface area contributed by atoms with Gasteiger partial charge in [-0.25, -0.2) is 0 Å². The zero-order valence-electron chi connectivity index (χ0n) is 9.90. The van der Waals surface area contributed by atoms with E-state index in [1.165, 1.54) is 0 Å². The average Bonchev–Trinajstić information content (AvgIpc) is 2.25. The van der Waals surface area contributed by atoms with Crippen molar-refractivity contribution >= 4 is 10.9 Å². The largest absolute Gasteiger partial charge is 0.287 e. The molecule has 0 saturated heterocycles. The summed E-state index contributed by atoms with van der Waals surface area (Å²) in [6, 6.07) is 7.65. The summed E-state index contributed by atoms with van der Waals surface area (Å²) < 4.78 is 1.93. The van der Waals surface area contributed by atoms with Crippen molar-refractivity contribution in [3.05, 3.63) is 40.2 Å². The second kappa shape index (κ2) is 4.08. The average molecular weight is 216 g/mol. The number of nitrogens with zero attached hydrogens (tertiary/aromatic N) is 2. The molecule has 0 bridgehead atoms. The quantitative estimate of drug-likeness (QED) is 0.772. The van der Waals surface area contributed by atoms with Gasteiger partial charge in [-0.2, -0.15) is 5.10 Å². The van der Waals surface area contributed by atoms with Crippen molar-refractivity contribution in [2.45, 2.75) is 27.3 Å². The first-order valence-corrected chi connectivity index (χ1v) is 5.56. The van der Waals surface area contributed by atoms with Crippen molar-refractivity contribution in [3.63, 3.8) is 0 Å². The van der Waals surface area contributed by atoms with Gasteiger partial charge < -0.3 is 0 Å². The SMILES string of the molecule is Cc1nn(CC(C)C)c2ccccc2c1=O. The molecule has 0 unspecified atom stereocenters. The first-order chi connectivity index (χ1) is 7.59. The van der Waals surface area contributed by atoms with Crippen LogP contribution in [0.1, 0.15) is 19.5 Å². The van der Waals surface area contributed by atoms with Gasteiger partial charge in [-0.15, -0.1) is 0 Å². The molecule has 0 fully saturated rings. The van der Waals surface area contributed by atoms with Crippen LogP contribution in [-0.4, -0.2) is 9.78 Å². The highest BCUT2D eigenvalue weighted by Crippen LogP contribution is 2.11. The fourth-order valence-electron chi connectivity index (χ4n) is 1.85.